The zero-order valence-electron chi connectivity index (χ0n) is 12.5. The molecule has 1 atom stereocenters. The van der Waals surface area contributed by atoms with Crippen LogP contribution in [-0.2, 0) is 4.79 Å². The quantitative estimate of drug-likeness (QED) is 0.844. The SMILES string of the molecule is Cc1ccc(NC(=O)C2(C)CCCS2)c(C#CCCO)c1. The summed E-state index contributed by atoms with van der Waals surface area (Å²) in [5, 5.41) is 11.8. The van der Waals surface area contributed by atoms with Gasteiger partial charge in [0, 0.05) is 12.0 Å². The minimum atomic E-state index is -0.333. The van der Waals surface area contributed by atoms with Gasteiger partial charge in [-0.2, -0.15) is 0 Å². The summed E-state index contributed by atoms with van der Waals surface area (Å²) in [5.41, 5.74) is 2.66. The molecule has 0 saturated carbocycles. The van der Waals surface area contributed by atoms with Gasteiger partial charge in [-0.3, -0.25) is 4.79 Å². The second-order valence-corrected chi connectivity index (χ2v) is 7.06. The van der Waals surface area contributed by atoms with Crippen LogP contribution in [0, 0.1) is 18.8 Å². The van der Waals surface area contributed by atoms with Crippen LogP contribution in [-0.4, -0.2) is 28.1 Å². The van der Waals surface area contributed by atoms with Crippen LogP contribution < -0.4 is 5.32 Å². The van der Waals surface area contributed by atoms with Crippen molar-refractivity contribution in [3.8, 4) is 11.8 Å². The average molecular weight is 303 g/mol. The largest absolute Gasteiger partial charge is 0.395 e. The molecule has 3 nitrogen and oxygen atoms in total. The Morgan fingerprint density at radius 1 is 1.52 bits per heavy atom. The van der Waals surface area contributed by atoms with Gasteiger partial charge in [-0.05, 0) is 50.1 Å². The lowest BCUT2D eigenvalue weighted by molar-refractivity contribution is -0.118. The number of carbonyl (C=O) groups is 1. The fourth-order valence-electron chi connectivity index (χ4n) is 2.30. The van der Waals surface area contributed by atoms with Crippen LogP contribution in [0.4, 0.5) is 5.69 Å². The molecule has 1 aliphatic rings. The Hall–Kier alpha value is -1.44. The molecule has 1 heterocycles. The first kappa shape index (κ1) is 15.9. The molecule has 1 aromatic rings. The van der Waals surface area contributed by atoms with Gasteiger partial charge in [-0.25, -0.2) is 0 Å². The molecule has 0 radical (unpaired) electrons. The van der Waals surface area contributed by atoms with Crippen LogP contribution in [0.15, 0.2) is 18.2 Å². The predicted octanol–water partition coefficient (Wildman–Crippen LogP) is 2.95. The van der Waals surface area contributed by atoms with Gasteiger partial charge in [0.25, 0.3) is 0 Å². The Kier molecular flexibility index (Phi) is 5.33. The van der Waals surface area contributed by atoms with Crippen molar-refractivity contribution >= 4 is 23.4 Å². The molecule has 112 valence electrons. The van der Waals surface area contributed by atoms with Crippen LogP contribution in [0.2, 0.25) is 0 Å². The lowest BCUT2D eigenvalue weighted by Gasteiger charge is -2.22. The van der Waals surface area contributed by atoms with Crippen molar-refractivity contribution in [3.05, 3.63) is 29.3 Å². The van der Waals surface area contributed by atoms with Crippen molar-refractivity contribution in [1.29, 1.82) is 0 Å². The van der Waals surface area contributed by atoms with Crippen molar-refractivity contribution in [2.45, 2.75) is 37.9 Å². The van der Waals surface area contributed by atoms with Gasteiger partial charge < -0.3 is 10.4 Å². The Bertz CT molecular complexity index is 580. The molecule has 2 rings (SSSR count). The Morgan fingerprint density at radius 2 is 2.33 bits per heavy atom. The molecule has 21 heavy (non-hydrogen) atoms. The summed E-state index contributed by atoms with van der Waals surface area (Å²) >= 11 is 1.72. The molecule has 1 amide bonds. The Labute approximate surface area is 130 Å². The molecule has 4 heteroatoms. The number of benzene rings is 1. The number of aryl methyl sites for hydroxylation is 1. The number of carbonyl (C=O) groups excluding carboxylic acids is 1. The van der Waals surface area contributed by atoms with Crippen LogP contribution in [0.5, 0.6) is 0 Å². The molecule has 2 N–H and O–H groups in total. The monoisotopic (exact) mass is 303 g/mol. The van der Waals surface area contributed by atoms with E-state index in [1.807, 2.05) is 32.0 Å². The number of amides is 1. The van der Waals surface area contributed by atoms with Crippen molar-refractivity contribution in [3.63, 3.8) is 0 Å². The van der Waals surface area contributed by atoms with E-state index in [4.69, 9.17) is 5.11 Å². The summed E-state index contributed by atoms with van der Waals surface area (Å²) in [6.07, 6.45) is 2.45. The van der Waals surface area contributed by atoms with E-state index in [9.17, 15) is 4.79 Å². The Balaban J connectivity index is 2.19. The molecule has 1 aliphatic heterocycles. The third kappa shape index (κ3) is 4.03. The van der Waals surface area contributed by atoms with Gasteiger partial charge in [-0.1, -0.05) is 17.9 Å². The number of aliphatic hydroxyl groups is 1. The number of thioether (sulfide) groups is 1. The summed E-state index contributed by atoms with van der Waals surface area (Å²) in [6.45, 7) is 4.05. The molecule has 1 fully saturated rings. The van der Waals surface area contributed by atoms with Gasteiger partial charge in [-0.15, -0.1) is 11.8 Å². The van der Waals surface area contributed by atoms with Gasteiger partial charge >= 0.3 is 0 Å². The van der Waals surface area contributed by atoms with Crippen LogP contribution in [0.25, 0.3) is 0 Å². The molecule has 0 aliphatic carbocycles. The maximum Gasteiger partial charge on any atom is 0.240 e. The average Bonchev–Trinajstić information content (AvgIpc) is 2.90. The van der Waals surface area contributed by atoms with Gasteiger partial charge in [0.15, 0.2) is 0 Å². The molecule has 0 aromatic heterocycles. The zero-order valence-corrected chi connectivity index (χ0v) is 13.3. The lowest BCUT2D eigenvalue weighted by atomic mass is 10.0. The molecule has 1 unspecified atom stereocenters. The number of hydrogen-bond acceptors (Lipinski definition) is 3. The number of anilines is 1. The van der Waals surface area contributed by atoms with E-state index in [2.05, 4.69) is 17.2 Å². The van der Waals surface area contributed by atoms with E-state index < -0.39 is 0 Å². The summed E-state index contributed by atoms with van der Waals surface area (Å²) in [4.78, 5) is 12.5. The van der Waals surface area contributed by atoms with Crippen molar-refractivity contribution in [2.24, 2.45) is 0 Å². The first-order valence-electron chi connectivity index (χ1n) is 7.21. The highest BCUT2D eigenvalue weighted by Crippen LogP contribution is 2.38. The maximum absolute atomic E-state index is 12.5. The minimum Gasteiger partial charge on any atom is -0.395 e. The van der Waals surface area contributed by atoms with Gasteiger partial charge in [0.05, 0.1) is 17.0 Å². The second kappa shape index (κ2) is 7.02. The topological polar surface area (TPSA) is 49.3 Å². The Morgan fingerprint density at radius 3 is 3.00 bits per heavy atom. The second-order valence-electron chi connectivity index (χ2n) is 5.46. The first-order chi connectivity index (χ1) is 10.0. The number of nitrogens with one attached hydrogen (secondary N) is 1. The lowest BCUT2D eigenvalue weighted by Crippen LogP contribution is -2.34. The third-order valence-electron chi connectivity index (χ3n) is 3.58. The standard InChI is InChI=1S/C17H21NO2S/c1-13-7-8-15(14(12-13)6-3-4-10-19)18-16(20)17(2)9-5-11-21-17/h7-8,12,19H,4-5,9-11H2,1-2H3,(H,18,20). The third-order valence-corrected chi connectivity index (χ3v) is 5.10. The summed E-state index contributed by atoms with van der Waals surface area (Å²) in [7, 11) is 0. The highest BCUT2D eigenvalue weighted by Gasteiger charge is 2.37. The van der Waals surface area contributed by atoms with Crippen molar-refractivity contribution in [1.82, 2.24) is 0 Å². The normalized spacial score (nSPS) is 20.7. The maximum atomic E-state index is 12.5. The molecule has 1 saturated heterocycles. The van der Waals surface area contributed by atoms with Gasteiger partial charge in [0.2, 0.25) is 5.91 Å². The van der Waals surface area contributed by atoms with Crippen molar-refractivity contribution in [2.75, 3.05) is 17.7 Å². The van der Waals surface area contributed by atoms with Crippen LogP contribution in [0.3, 0.4) is 0 Å². The first-order valence-corrected chi connectivity index (χ1v) is 8.19. The highest BCUT2D eigenvalue weighted by atomic mass is 32.2. The highest BCUT2D eigenvalue weighted by molar-refractivity contribution is 8.01. The van der Waals surface area contributed by atoms with Gasteiger partial charge in [0.1, 0.15) is 0 Å². The zero-order chi connectivity index (χ0) is 15.3. The molecule has 1 aromatic carbocycles. The number of aliphatic hydroxyl groups excluding tert-OH is 1. The molecular weight excluding hydrogens is 282 g/mol. The van der Waals surface area contributed by atoms with E-state index >= 15 is 0 Å². The molecule has 0 spiro atoms. The van der Waals surface area contributed by atoms with E-state index in [0.717, 1.165) is 35.4 Å². The van der Waals surface area contributed by atoms with Crippen LogP contribution >= 0.6 is 11.8 Å². The number of rotatable bonds is 3. The van der Waals surface area contributed by atoms with E-state index in [0.29, 0.717) is 6.42 Å². The summed E-state index contributed by atoms with van der Waals surface area (Å²) < 4.78 is -0.333. The molecule has 0 bridgehead atoms. The fourth-order valence-corrected chi connectivity index (χ4v) is 3.51. The van der Waals surface area contributed by atoms with E-state index in [1.165, 1.54) is 0 Å². The smallest absolute Gasteiger partial charge is 0.240 e. The summed E-state index contributed by atoms with van der Waals surface area (Å²) in [6, 6.07) is 5.83. The van der Waals surface area contributed by atoms with Crippen LogP contribution in [0.1, 0.15) is 37.3 Å². The minimum absolute atomic E-state index is 0.0508. The summed E-state index contributed by atoms with van der Waals surface area (Å²) in [5.74, 6) is 7.04. The predicted molar refractivity (Wildman–Crippen MR) is 88.5 cm³/mol. The van der Waals surface area contributed by atoms with E-state index in [-0.39, 0.29) is 17.3 Å². The van der Waals surface area contributed by atoms with E-state index in [1.54, 1.807) is 11.8 Å². The fraction of sp³-hybridized carbons (Fsp3) is 0.471. The van der Waals surface area contributed by atoms with Crippen molar-refractivity contribution < 1.29 is 9.90 Å². The number of hydrogen-bond donors (Lipinski definition) is 2. The molecular formula is C17H21NO2S.